The van der Waals surface area contributed by atoms with Gasteiger partial charge in [0.25, 0.3) is 0 Å². The average Bonchev–Trinajstić information content (AvgIpc) is 2.87. The molecule has 0 atom stereocenters. The summed E-state index contributed by atoms with van der Waals surface area (Å²) in [5.41, 5.74) is 3.87. The Morgan fingerprint density at radius 2 is 1.71 bits per heavy atom. The van der Waals surface area contributed by atoms with Crippen molar-refractivity contribution < 1.29 is 0 Å². The maximum atomic E-state index is 4.50. The minimum absolute atomic E-state index is 0.756. The summed E-state index contributed by atoms with van der Waals surface area (Å²) in [6.45, 7) is 9.14. The van der Waals surface area contributed by atoms with Crippen molar-refractivity contribution >= 4 is 17.3 Å². The molecule has 0 bridgehead atoms. The molecule has 0 saturated carbocycles. The number of hydrogen-bond donors (Lipinski definition) is 2. The van der Waals surface area contributed by atoms with E-state index in [4.69, 9.17) is 0 Å². The van der Waals surface area contributed by atoms with Gasteiger partial charge in [-0.05, 0) is 50.9 Å². The van der Waals surface area contributed by atoms with Crippen LogP contribution in [-0.2, 0) is 19.6 Å². The first-order chi connectivity index (χ1) is 13.7. The third kappa shape index (κ3) is 6.04. The minimum atomic E-state index is 0.756. The summed E-state index contributed by atoms with van der Waals surface area (Å²) in [5, 5.41) is 8.01. The number of aromatic nitrogens is 1. The van der Waals surface area contributed by atoms with Crippen molar-refractivity contribution in [2.24, 2.45) is 4.99 Å². The molecule has 2 heterocycles. The standard InChI is InChI=1S/C22H33N5S/c1-17-21(28-18(2)26-17)15-25-22(23-3)24-14-19-10-6-7-11-20(19)16-27-12-8-4-5-9-13-27/h6-7,10-11H,4-5,8-9,12-16H2,1-3H3,(H2,23,24,25). The fraction of sp³-hybridized carbons (Fsp3) is 0.545. The summed E-state index contributed by atoms with van der Waals surface area (Å²) in [7, 11) is 1.82. The van der Waals surface area contributed by atoms with Crippen LogP contribution in [-0.4, -0.2) is 36.0 Å². The number of rotatable bonds is 6. The molecule has 1 saturated heterocycles. The van der Waals surface area contributed by atoms with Gasteiger partial charge in [-0.3, -0.25) is 9.89 Å². The van der Waals surface area contributed by atoms with Crippen molar-refractivity contribution in [3.05, 3.63) is 51.0 Å². The molecule has 28 heavy (non-hydrogen) atoms. The predicted molar refractivity (Wildman–Crippen MR) is 119 cm³/mol. The highest BCUT2D eigenvalue weighted by molar-refractivity contribution is 7.11. The fourth-order valence-corrected chi connectivity index (χ4v) is 4.60. The first-order valence-corrected chi connectivity index (χ1v) is 11.1. The van der Waals surface area contributed by atoms with E-state index in [1.165, 1.54) is 54.8 Å². The Labute approximate surface area is 173 Å². The Bertz CT molecular complexity index is 775. The van der Waals surface area contributed by atoms with Crippen LogP contribution >= 0.6 is 11.3 Å². The lowest BCUT2D eigenvalue weighted by molar-refractivity contribution is 0.276. The van der Waals surface area contributed by atoms with Crippen LogP contribution in [0.25, 0.3) is 0 Å². The van der Waals surface area contributed by atoms with E-state index in [0.717, 1.165) is 36.3 Å². The number of likely N-dealkylation sites (tertiary alicyclic amines) is 1. The molecule has 6 heteroatoms. The van der Waals surface area contributed by atoms with Gasteiger partial charge >= 0.3 is 0 Å². The smallest absolute Gasteiger partial charge is 0.191 e. The molecule has 2 aromatic rings. The van der Waals surface area contributed by atoms with Crippen LogP contribution in [0.5, 0.6) is 0 Å². The second-order valence-electron chi connectivity index (χ2n) is 7.48. The normalized spacial score (nSPS) is 16.0. The van der Waals surface area contributed by atoms with Gasteiger partial charge in [-0.1, -0.05) is 37.1 Å². The highest BCUT2D eigenvalue weighted by Gasteiger charge is 2.12. The van der Waals surface area contributed by atoms with Crippen LogP contribution in [0.1, 0.15) is 52.4 Å². The number of benzene rings is 1. The van der Waals surface area contributed by atoms with E-state index in [9.17, 15) is 0 Å². The third-order valence-corrected chi connectivity index (χ3v) is 6.37. The molecule has 0 spiro atoms. The molecule has 152 valence electrons. The van der Waals surface area contributed by atoms with Crippen LogP contribution in [0.15, 0.2) is 29.3 Å². The zero-order valence-electron chi connectivity index (χ0n) is 17.4. The Morgan fingerprint density at radius 3 is 2.36 bits per heavy atom. The zero-order chi connectivity index (χ0) is 19.8. The Balaban J connectivity index is 1.56. The van der Waals surface area contributed by atoms with Gasteiger partial charge in [0.05, 0.1) is 17.2 Å². The van der Waals surface area contributed by atoms with E-state index >= 15 is 0 Å². The molecule has 0 aliphatic carbocycles. The van der Waals surface area contributed by atoms with E-state index in [1.54, 1.807) is 11.3 Å². The van der Waals surface area contributed by atoms with Crippen molar-refractivity contribution in [3.8, 4) is 0 Å². The average molecular weight is 400 g/mol. The zero-order valence-corrected chi connectivity index (χ0v) is 18.2. The summed E-state index contributed by atoms with van der Waals surface area (Å²) in [4.78, 5) is 12.7. The predicted octanol–water partition coefficient (Wildman–Crippen LogP) is 4.00. The molecule has 0 unspecified atom stereocenters. The summed E-state index contributed by atoms with van der Waals surface area (Å²) in [6, 6.07) is 8.77. The van der Waals surface area contributed by atoms with Gasteiger partial charge in [0.1, 0.15) is 0 Å². The van der Waals surface area contributed by atoms with Crippen molar-refractivity contribution in [3.63, 3.8) is 0 Å². The molecule has 3 rings (SSSR count). The number of thiazole rings is 1. The maximum absolute atomic E-state index is 4.50. The monoisotopic (exact) mass is 399 g/mol. The first-order valence-electron chi connectivity index (χ1n) is 10.3. The SMILES string of the molecule is CN=C(NCc1ccccc1CN1CCCCCC1)NCc1sc(C)nc1C. The largest absolute Gasteiger partial charge is 0.352 e. The topological polar surface area (TPSA) is 52.6 Å². The third-order valence-electron chi connectivity index (χ3n) is 5.30. The molecule has 1 aliphatic heterocycles. The lowest BCUT2D eigenvalue weighted by Gasteiger charge is -2.22. The number of nitrogens with one attached hydrogen (secondary N) is 2. The fourth-order valence-electron chi connectivity index (χ4n) is 3.72. The summed E-state index contributed by atoms with van der Waals surface area (Å²) in [6.07, 6.45) is 5.40. The number of guanidine groups is 1. The van der Waals surface area contributed by atoms with Gasteiger partial charge in [0.2, 0.25) is 0 Å². The Hall–Kier alpha value is -1.92. The molecule has 2 N–H and O–H groups in total. The van der Waals surface area contributed by atoms with Crippen molar-refractivity contribution in [1.82, 2.24) is 20.5 Å². The molecular formula is C22H33N5S. The highest BCUT2D eigenvalue weighted by Crippen LogP contribution is 2.17. The second kappa shape index (κ2) is 10.6. The molecule has 0 amide bonds. The van der Waals surface area contributed by atoms with Crippen molar-refractivity contribution in [2.45, 2.75) is 59.2 Å². The van der Waals surface area contributed by atoms with Crippen LogP contribution in [0.4, 0.5) is 0 Å². The molecule has 1 fully saturated rings. The first kappa shape index (κ1) is 20.8. The van der Waals surface area contributed by atoms with E-state index in [0.29, 0.717) is 0 Å². The summed E-state index contributed by atoms with van der Waals surface area (Å²) in [5.74, 6) is 0.829. The minimum Gasteiger partial charge on any atom is -0.352 e. The highest BCUT2D eigenvalue weighted by atomic mass is 32.1. The lowest BCUT2D eigenvalue weighted by atomic mass is 10.1. The van der Waals surface area contributed by atoms with Gasteiger partial charge in [-0.15, -0.1) is 11.3 Å². The van der Waals surface area contributed by atoms with Crippen molar-refractivity contribution in [1.29, 1.82) is 0 Å². The van der Waals surface area contributed by atoms with Gasteiger partial charge in [0, 0.05) is 25.0 Å². The quantitative estimate of drug-likeness (QED) is 0.569. The van der Waals surface area contributed by atoms with Gasteiger partial charge in [-0.2, -0.15) is 0 Å². The van der Waals surface area contributed by atoms with E-state index < -0.39 is 0 Å². The summed E-state index contributed by atoms with van der Waals surface area (Å²) < 4.78 is 0. The Morgan fingerprint density at radius 1 is 1.04 bits per heavy atom. The molecule has 1 aliphatic rings. The van der Waals surface area contributed by atoms with Crippen LogP contribution in [0.3, 0.4) is 0 Å². The lowest BCUT2D eigenvalue weighted by Crippen LogP contribution is -2.36. The van der Waals surface area contributed by atoms with E-state index in [1.807, 2.05) is 7.05 Å². The Kier molecular flexibility index (Phi) is 7.86. The van der Waals surface area contributed by atoms with Crippen molar-refractivity contribution in [2.75, 3.05) is 20.1 Å². The van der Waals surface area contributed by atoms with E-state index in [-0.39, 0.29) is 0 Å². The molecule has 0 radical (unpaired) electrons. The molecule has 1 aromatic heterocycles. The number of nitrogens with zero attached hydrogens (tertiary/aromatic N) is 3. The summed E-state index contributed by atoms with van der Waals surface area (Å²) >= 11 is 1.74. The van der Waals surface area contributed by atoms with Gasteiger partial charge in [-0.25, -0.2) is 4.98 Å². The van der Waals surface area contributed by atoms with Gasteiger partial charge in [0.15, 0.2) is 5.96 Å². The van der Waals surface area contributed by atoms with Crippen LogP contribution in [0.2, 0.25) is 0 Å². The number of aryl methyl sites for hydroxylation is 2. The number of aliphatic imine (C=N–C) groups is 1. The van der Waals surface area contributed by atoms with Crippen LogP contribution < -0.4 is 10.6 Å². The van der Waals surface area contributed by atoms with E-state index in [2.05, 4.69) is 63.6 Å². The molecule has 1 aromatic carbocycles. The van der Waals surface area contributed by atoms with Gasteiger partial charge < -0.3 is 10.6 Å². The molecule has 5 nitrogen and oxygen atoms in total. The molecular weight excluding hydrogens is 366 g/mol. The number of hydrogen-bond acceptors (Lipinski definition) is 4. The maximum Gasteiger partial charge on any atom is 0.191 e. The second-order valence-corrected chi connectivity index (χ2v) is 8.77. The van der Waals surface area contributed by atoms with Crippen LogP contribution in [0, 0.1) is 13.8 Å².